The van der Waals surface area contributed by atoms with Gasteiger partial charge in [0.2, 0.25) is 0 Å². The summed E-state index contributed by atoms with van der Waals surface area (Å²) in [4.78, 5) is 9.60. The summed E-state index contributed by atoms with van der Waals surface area (Å²) in [6.07, 6.45) is 6.34. The Labute approximate surface area is 175 Å². The first kappa shape index (κ1) is 22.0. The Bertz CT molecular complexity index is 691. The maximum atomic E-state index is 14.0. The van der Waals surface area contributed by atoms with Gasteiger partial charge in [-0.2, -0.15) is 0 Å². The lowest BCUT2D eigenvalue weighted by Gasteiger charge is -2.50. The van der Waals surface area contributed by atoms with Gasteiger partial charge in [-0.15, -0.1) is 0 Å². The lowest BCUT2D eigenvalue weighted by atomic mass is 9.84. The van der Waals surface area contributed by atoms with Gasteiger partial charge < -0.3 is 15.5 Å². The Morgan fingerprint density at radius 1 is 1.17 bits per heavy atom. The van der Waals surface area contributed by atoms with Crippen molar-refractivity contribution >= 4 is 5.96 Å². The molecule has 3 rings (SSSR count). The van der Waals surface area contributed by atoms with E-state index < -0.39 is 0 Å². The van der Waals surface area contributed by atoms with E-state index in [0.29, 0.717) is 5.56 Å². The van der Waals surface area contributed by atoms with Crippen LogP contribution < -0.4 is 10.6 Å². The molecule has 1 aromatic carbocycles. The number of benzene rings is 1. The summed E-state index contributed by atoms with van der Waals surface area (Å²) in [5, 5.41) is 7.05. The van der Waals surface area contributed by atoms with Gasteiger partial charge in [0.25, 0.3) is 0 Å². The van der Waals surface area contributed by atoms with E-state index in [1.54, 1.807) is 20.0 Å². The van der Waals surface area contributed by atoms with Gasteiger partial charge in [0, 0.05) is 19.1 Å². The zero-order valence-corrected chi connectivity index (χ0v) is 18.6. The van der Waals surface area contributed by atoms with Gasteiger partial charge in [0.1, 0.15) is 5.82 Å². The van der Waals surface area contributed by atoms with Crippen molar-refractivity contribution in [3.63, 3.8) is 0 Å². The molecule has 2 heterocycles. The molecule has 2 aliphatic rings. The second-order valence-corrected chi connectivity index (χ2v) is 8.88. The number of rotatable bonds is 5. The molecule has 2 fully saturated rings. The van der Waals surface area contributed by atoms with Gasteiger partial charge in [-0.1, -0.05) is 18.6 Å². The van der Waals surface area contributed by atoms with E-state index in [1.165, 1.54) is 45.2 Å². The summed E-state index contributed by atoms with van der Waals surface area (Å²) >= 11 is 0. The van der Waals surface area contributed by atoms with Crippen molar-refractivity contribution < 1.29 is 4.39 Å². The third-order valence-electron chi connectivity index (χ3n) is 6.80. The fourth-order valence-corrected chi connectivity index (χ4v) is 4.62. The molecule has 1 unspecified atom stereocenters. The quantitative estimate of drug-likeness (QED) is 0.585. The Balaban J connectivity index is 1.64. The maximum Gasteiger partial charge on any atom is 0.191 e. The number of halogens is 1. The molecule has 2 saturated heterocycles. The Hall–Kier alpha value is -1.66. The Kier molecular flexibility index (Phi) is 7.52. The highest BCUT2D eigenvalue weighted by atomic mass is 19.1. The number of nitrogens with one attached hydrogen (secondary N) is 2. The molecule has 0 aromatic heterocycles. The molecule has 0 saturated carbocycles. The predicted molar refractivity (Wildman–Crippen MR) is 119 cm³/mol. The van der Waals surface area contributed by atoms with Gasteiger partial charge in [-0.25, -0.2) is 4.39 Å². The second-order valence-electron chi connectivity index (χ2n) is 8.88. The summed E-state index contributed by atoms with van der Waals surface area (Å²) in [6.45, 7) is 9.43. The van der Waals surface area contributed by atoms with E-state index in [0.717, 1.165) is 31.2 Å². The summed E-state index contributed by atoms with van der Waals surface area (Å²) in [7, 11) is 4.02. The molecule has 0 spiro atoms. The zero-order chi connectivity index (χ0) is 20.9. The minimum absolute atomic E-state index is 0.0141. The molecule has 2 N–H and O–H groups in total. The third-order valence-corrected chi connectivity index (χ3v) is 6.80. The fraction of sp³-hybridized carbons (Fsp3) is 0.696. The van der Waals surface area contributed by atoms with Crippen LogP contribution in [-0.4, -0.2) is 68.1 Å². The monoisotopic (exact) mass is 403 g/mol. The van der Waals surface area contributed by atoms with Crippen LogP contribution in [0.25, 0.3) is 0 Å². The van der Waals surface area contributed by atoms with Crippen LogP contribution >= 0.6 is 0 Å². The largest absolute Gasteiger partial charge is 0.355 e. The molecule has 29 heavy (non-hydrogen) atoms. The van der Waals surface area contributed by atoms with E-state index in [4.69, 9.17) is 0 Å². The van der Waals surface area contributed by atoms with E-state index in [1.807, 2.05) is 19.1 Å². The van der Waals surface area contributed by atoms with Crippen LogP contribution in [0.15, 0.2) is 23.2 Å². The van der Waals surface area contributed by atoms with Crippen LogP contribution in [0.1, 0.15) is 56.2 Å². The third kappa shape index (κ3) is 5.48. The molecular weight excluding hydrogens is 365 g/mol. The smallest absolute Gasteiger partial charge is 0.191 e. The number of guanidine groups is 1. The second kappa shape index (κ2) is 9.90. The lowest BCUT2D eigenvalue weighted by Crippen LogP contribution is -2.62. The van der Waals surface area contributed by atoms with Gasteiger partial charge in [-0.3, -0.25) is 9.89 Å². The van der Waals surface area contributed by atoms with E-state index in [2.05, 4.69) is 32.5 Å². The van der Waals surface area contributed by atoms with Gasteiger partial charge in [-0.05, 0) is 90.0 Å². The summed E-state index contributed by atoms with van der Waals surface area (Å²) in [6, 6.07) is 5.42. The molecule has 5 nitrogen and oxygen atoms in total. The molecule has 6 heteroatoms. The molecule has 0 amide bonds. The van der Waals surface area contributed by atoms with Crippen molar-refractivity contribution in [2.75, 3.05) is 46.8 Å². The summed E-state index contributed by atoms with van der Waals surface area (Å²) in [5.41, 5.74) is 1.80. The SMILES string of the molecule is CN=C(NCC1(N2CCCCC2)CCN(C)CC1)NC(C)c1ccc(C)c(F)c1. The highest BCUT2D eigenvalue weighted by molar-refractivity contribution is 5.80. The number of aliphatic imine (C=N–C) groups is 1. The number of likely N-dealkylation sites (tertiary alicyclic amines) is 2. The minimum atomic E-state index is -0.158. The molecule has 162 valence electrons. The zero-order valence-electron chi connectivity index (χ0n) is 18.6. The van der Waals surface area contributed by atoms with Crippen molar-refractivity contribution in [1.82, 2.24) is 20.4 Å². The molecule has 1 atom stereocenters. The minimum Gasteiger partial charge on any atom is -0.355 e. The first-order valence-corrected chi connectivity index (χ1v) is 11.1. The normalized spacial score (nSPS) is 22.3. The van der Waals surface area contributed by atoms with Crippen molar-refractivity contribution in [1.29, 1.82) is 0 Å². The first-order chi connectivity index (χ1) is 13.9. The number of hydrogen-bond donors (Lipinski definition) is 2. The molecule has 0 bridgehead atoms. The average molecular weight is 404 g/mol. The van der Waals surface area contributed by atoms with E-state index in [9.17, 15) is 4.39 Å². The lowest BCUT2D eigenvalue weighted by molar-refractivity contribution is 0.0173. The van der Waals surface area contributed by atoms with Gasteiger partial charge in [0.15, 0.2) is 5.96 Å². The van der Waals surface area contributed by atoms with Crippen LogP contribution in [0.4, 0.5) is 4.39 Å². The molecule has 2 aliphatic heterocycles. The van der Waals surface area contributed by atoms with Crippen LogP contribution in [0.5, 0.6) is 0 Å². The van der Waals surface area contributed by atoms with E-state index >= 15 is 0 Å². The van der Waals surface area contributed by atoms with E-state index in [-0.39, 0.29) is 17.4 Å². The number of nitrogens with zero attached hydrogens (tertiary/aromatic N) is 3. The summed E-state index contributed by atoms with van der Waals surface area (Å²) < 4.78 is 14.0. The predicted octanol–water partition coefficient (Wildman–Crippen LogP) is 3.31. The Morgan fingerprint density at radius 3 is 2.48 bits per heavy atom. The average Bonchev–Trinajstić information content (AvgIpc) is 2.75. The van der Waals surface area contributed by atoms with Crippen LogP contribution in [-0.2, 0) is 0 Å². The maximum absolute atomic E-state index is 14.0. The highest BCUT2D eigenvalue weighted by Gasteiger charge is 2.39. The fourth-order valence-electron chi connectivity index (χ4n) is 4.62. The van der Waals surface area contributed by atoms with Crippen molar-refractivity contribution in [2.45, 2.75) is 57.5 Å². The number of aryl methyl sites for hydroxylation is 1. The molecule has 0 aliphatic carbocycles. The molecular formula is C23H38FN5. The van der Waals surface area contributed by atoms with Gasteiger partial charge >= 0.3 is 0 Å². The molecule has 0 radical (unpaired) electrons. The first-order valence-electron chi connectivity index (χ1n) is 11.1. The number of hydrogen-bond acceptors (Lipinski definition) is 3. The van der Waals surface area contributed by atoms with Crippen molar-refractivity contribution in [3.05, 3.63) is 35.1 Å². The summed E-state index contributed by atoms with van der Waals surface area (Å²) in [5.74, 6) is 0.628. The Morgan fingerprint density at radius 2 is 1.86 bits per heavy atom. The van der Waals surface area contributed by atoms with Crippen molar-refractivity contribution in [2.24, 2.45) is 4.99 Å². The van der Waals surface area contributed by atoms with Crippen molar-refractivity contribution in [3.8, 4) is 0 Å². The van der Waals surface area contributed by atoms with Gasteiger partial charge in [0.05, 0.1) is 6.04 Å². The van der Waals surface area contributed by atoms with Crippen LogP contribution in [0.3, 0.4) is 0 Å². The number of piperidine rings is 2. The topological polar surface area (TPSA) is 42.9 Å². The van der Waals surface area contributed by atoms with Crippen LogP contribution in [0, 0.1) is 12.7 Å². The van der Waals surface area contributed by atoms with Crippen LogP contribution in [0.2, 0.25) is 0 Å². The standard InChI is InChI=1S/C23H38FN5/c1-18-8-9-20(16-21(18)24)19(2)27-22(25-3)26-17-23(10-14-28(4)15-11-23)29-12-6-5-7-13-29/h8-9,16,19H,5-7,10-15,17H2,1-4H3,(H2,25,26,27). The molecule has 1 aromatic rings. The highest BCUT2D eigenvalue weighted by Crippen LogP contribution is 2.31.